The highest BCUT2D eigenvalue weighted by Crippen LogP contribution is 2.18. The lowest BCUT2D eigenvalue weighted by Crippen LogP contribution is -2.42. The van der Waals surface area contributed by atoms with Crippen LogP contribution < -0.4 is 10.6 Å². The Bertz CT molecular complexity index is 600. The van der Waals surface area contributed by atoms with Crippen molar-refractivity contribution < 1.29 is 0 Å². The van der Waals surface area contributed by atoms with E-state index in [1.807, 2.05) is 0 Å². The number of H-pyrrole nitrogens is 1. The van der Waals surface area contributed by atoms with Gasteiger partial charge >= 0.3 is 0 Å². The van der Waals surface area contributed by atoms with Crippen LogP contribution in [-0.4, -0.2) is 30.1 Å². The molecule has 0 saturated carbocycles. The fraction of sp³-hybridized carbons (Fsp3) is 0.500. The first-order valence-electron chi connectivity index (χ1n) is 8.34. The summed E-state index contributed by atoms with van der Waals surface area (Å²) < 4.78 is 0. The van der Waals surface area contributed by atoms with Gasteiger partial charge in [0, 0.05) is 36.2 Å². The minimum atomic E-state index is 0.450. The van der Waals surface area contributed by atoms with Crippen molar-refractivity contribution in [1.82, 2.24) is 15.6 Å². The molecule has 2 aromatic rings. The van der Waals surface area contributed by atoms with Crippen molar-refractivity contribution >= 4 is 16.9 Å². The fourth-order valence-corrected chi connectivity index (χ4v) is 2.45. The number of para-hydroxylation sites is 1. The van der Waals surface area contributed by atoms with E-state index >= 15 is 0 Å². The molecule has 0 aliphatic heterocycles. The first-order valence-corrected chi connectivity index (χ1v) is 8.34. The molecule has 3 N–H and O–H groups in total. The lowest BCUT2D eigenvalue weighted by Gasteiger charge is -2.16. The van der Waals surface area contributed by atoms with Gasteiger partial charge in [-0.2, -0.15) is 0 Å². The standard InChI is InChI=1S/C18H28N4/c1-4-14(3)22-18(19-5-2)20-12-8-9-15-13-21-17-11-7-6-10-16(15)17/h6-7,10-11,13-14,21H,4-5,8-9,12H2,1-3H3,(H2,19,20,22). The zero-order chi connectivity index (χ0) is 15.8. The first-order chi connectivity index (χ1) is 10.7. The van der Waals surface area contributed by atoms with E-state index in [4.69, 9.17) is 0 Å². The van der Waals surface area contributed by atoms with E-state index in [0.29, 0.717) is 6.04 Å². The Kier molecular flexibility index (Phi) is 6.31. The van der Waals surface area contributed by atoms with E-state index in [1.165, 1.54) is 16.5 Å². The minimum absolute atomic E-state index is 0.450. The summed E-state index contributed by atoms with van der Waals surface area (Å²) in [6.45, 7) is 8.19. The zero-order valence-corrected chi connectivity index (χ0v) is 13.9. The van der Waals surface area contributed by atoms with Gasteiger partial charge < -0.3 is 15.6 Å². The summed E-state index contributed by atoms with van der Waals surface area (Å²) in [5, 5.41) is 8.06. The van der Waals surface area contributed by atoms with Gasteiger partial charge in [-0.15, -0.1) is 0 Å². The fourth-order valence-electron chi connectivity index (χ4n) is 2.45. The average Bonchev–Trinajstić information content (AvgIpc) is 2.95. The molecule has 1 unspecified atom stereocenters. The molecule has 1 aromatic carbocycles. The molecule has 0 aliphatic rings. The molecule has 0 spiro atoms. The molecule has 2 rings (SSSR count). The number of hydrogen-bond acceptors (Lipinski definition) is 1. The van der Waals surface area contributed by atoms with Crippen LogP contribution in [0.5, 0.6) is 0 Å². The third kappa shape index (κ3) is 4.52. The summed E-state index contributed by atoms with van der Waals surface area (Å²) in [5.74, 6) is 0.927. The van der Waals surface area contributed by atoms with Crippen LogP contribution in [-0.2, 0) is 6.42 Å². The van der Waals surface area contributed by atoms with Crippen molar-refractivity contribution in [3.05, 3.63) is 36.0 Å². The maximum Gasteiger partial charge on any atom is 0.191 e. The van der Waals surface area contributed by atoms with E-state index in [2.05, 4.69) is 71.8 Å². The lowest BCUT2D eigenvalue weighted by atomic mass is 10.1. The largest absolute Gasteiger partial charge is 0.361 e. The molecule has 1 atom stereocenters. The number of fused-ring (bicyclic) bond motifs is 1. The molecular weight excluding hydrogens is 272 g/mol. The second-order valence-electron chi connectivity index (χ2n) is 5.68. The van der Waals surface area contributed by atoms with Crippen LogP contribution >= 0.6 is 0 Å². The van der Waals surface area contributed by atoms with Gasteiger partial charge in [0.25, 0.3) is 0 Å². The zero-order valence-electron chi connectivity index (χ0n) is 13.9. The number of guanidine groups is 1. The summed E-state index contributed by atoms with van der Waals surface area (Å²) in [4.78, 5) is 8.00. The second kappa shape index (κ2) is 8.47. The van der Waals surface area contributed by atoms with Gasteiger partial charge in [-0.05, 0) is 44.7 Å². The van der Waals surface area contributed by atoms with Crippen molar-refractivity contribution in [3.8, 4) is 0 Å². The van der Waals surface area contributed by atoms with Crippen LogP contribution in [0.1, 0.15) is 39.2 Å². The van der Waals surface area contributed by atoms with Crippen molar-refractivity contribution in [2.45, 2.75) is 46.1 Å². The highest BCUT2D eigenvalue weighted by Gasteiger charge is 2.04. The Balaban J connectivity index is 1.87. The number of aromatic nitrogens is 1. The normalized spacial score (nSPS) is 13.3. The molecule has 0 amide bonds. The number of nitrogens with zero attached hydrogens (tertiary/aromatic N) is 1. The van der Waals surface area contributed by atoms with Gasteiger partial charge in [-0.3, -0.25) is 4.99 Å². The van der Waals surface area contributed by atoms with Gasteiger partial charge in [0.1, 0.15) is 0 Å². The Hall–Kier alpha value is -1.97. The number of aromatic amines is 1. The van der Waals surface area contributed by atoms with Crippen LogP contribution in [0.3, 0.4) is 0 Å². The highest BCUT2D eigenvalue weighted by atomic mass is 15.2. The maximum atomic E-state index is 4.67. The van der Waals surface area contributed by atoms with Crippen LogP contribution in [0.15, 0.2) is 35.5 Å². The van der Waals surface area contributed by atoms with Crippen LogP contribution in [0.25, 0.3) is 10.9 Å². The van der Waals surface area contributed by atoms with Crippen molar-refractivity contribution in [2.75, 3.05) is 13.1 Å². The predicted molar refractivity (Wildman–Crippen MR) is 95.5 cm³/mol. The summed E-state index contributed by atoms with van der Waals surface area (Å²) in [6.07, 6.45) is 5.33. The van der Waals surface area contributed by atoms with Gasteiger partial charge in [-0.25, -0.2) is 0 Å². The average molecular weight is 300 g/mol. The quantitative estimate of drug-likeness (QED) is 0.417. The van der Waals surface area contributed by atoms with Gasteiger partial charge in [0.2, 0.25) is 0 Å². The summed E-state index contributed by atoms with van der Waals surface area (Å²) in [7, 11) is 0. The summed E-state index contributed by atoms with van der Waals surface area (Å²) >= 11 is 0. The Labute approximate surface area is 133 Å². The SMILES string of the molecule is CCNC(=NCCCc1c[nH]c2ccccc12)NC(C)CC. The number of nitrogens with one attached hydrogen (secondary N) is 3. The number of aliphatic imine (C=N–C) groups is 1. The molecule has 120 valence electrons. The third-order valence-electron chi connectivity index (χ3n) is 3.89. The molecule has 0 fully saturated rings. The number of aryl methyl sites for hydroxylation is 1. The molecule has 0 radical (unpaired) electrons. The van der Waals surface area contributed by atoms with Gasteiger partial charge in [0.15, 0.2) is 5.96 Å². The molecular formula is C18H28N4. The molecule has 4 heteroatoms. The smallest absolute Gasteiger partial charge is 0.191 e. The van der Waals surface area contributed by atoms with E-state index < -0.39 is 0 Å². The number of benzene rings is 1. The Morgan fingerprint density at radius 1 is 1.27 bits per heavy atom. The number of hydrogen-bond donors (Lipinski definition) is 3. The van der Waals surface area contributed by atoms with Crippen molar-refractivity contribution in [3.63, 3.8) is 0 Å². The van der Waals surface area contributed by atoms with Crippen LogP contribution in [0, 0.1) is 0 Å². The van der Waals surface area contributed by atoms with E-state index in [-0.39, 0.29) is 0 Å². The predicted octanol–water partition coefficient (Wildman–Crippen LogP) is 3.45. The van der Waals surface area contributed by atoms with Crippen molar-refractivity contribution in [2.24, 2.45) is 4.99 Å². The number of rotatable bonds is 7. The van der Waals surface area contributed by atoms with E-state index in [9.17, 15) is 0 Å². The third-order valence-corrected chi connectivity index (χ3v) is 3.89. The first kappa shape index (κ1) is 16.4. The molecule has 1 heterocycles. The molecule has 0 aliphatic carbocycles. The molecule has 1 aromatic heterocycles. The van der Waals surface area contributed by atoms with E-state index in [0.717, 1.165) is 38.3 Å². The molecule has 4 nitrogen and oxygen atoms in total. The maximum absolute atomic E-state index is 4.67. The monoisotopic (exact) mass is 300 g/mol. The Morgan fingerprint density at radius 3 is 2.86 bits per heavy atom. The van der Waals surface area contributed by atoms with Gasteiger partial charge in [0.05, 0.1) is 0 Å². The van der Waals surface area contributed by atoms with Crippen LogP contribution in [0.4, 0.5) is 0 Å². The summed E-state index contributed by atoms with van der Waals surface area (Å²) in [6, 6.07) is 8.91. The highest BCUT2D eigenvalue weighted by molar-refractivity contribution is 5.83. The van der Waals surface area contributed by atoms with Crippen molar-refractivity contribution in [1.29, 1.82) is 0 Å². The van der Waals surface area contributed by atoms with Crippen LogP contribution in [0.2, 0.25) is 0 Å². The Morgan fingerprint density at radius 2 is 2.09 bits per heavy atom. The van der Waals surface area contributed by atoms with E-state index in [1.54, 1.807) is 0 Å². The molecule has 0 bridgehead atoms. The molecule has 0 saturated heterocycles. The topological polar surface area (TPSA) is 52.2 Å². The minimum Gasteiger partial charge on any atom is -0.361 e. The van der Waals surface area contributed by atoms with Gasteiger partial charge in [-0.1, -0.05) is 25.1 Å². The lowest BCUT2D eigenvalue weighted by molar-refractivity contribution is 0.623. The molecule has 22 heavy (non-hydrogen) atoms. The second-order valence-corrected chi connectivity index (χ2v) is 5.68. The summed E-state index contributed by atoms with van der Waals surface area (Å²) in [5.41, 5.74) is 2.60.